The van der Waals surface area contributed by atoms with E-state index in [1.165, 1.54) is 11.8 Å². The molecule has 4 rings (SSSR count). The van der Waals surface area contributed by atoms with Gasteiger partial charge in [0.1, 0.15) is 4.83 Å². The molecule has 154 valence electrons. The van der Waals surface area contributed by atoms with Gasteiger partial charge in [0.25, 0.3) is 5.56 Å². The van der Waals surface area contributed by atoms with Gasteiger partial charge >= 0.3 is 0 Å². The summed E-state index contributed by atoms with van der Waals surface area (Å²) in [4.78, 5) is 20.0. The summed E-state index contributed by atoms with van der Waals surface area (Å²) in [6, 6.07) is 10.1. The second-order valence-corrected chi connectivity index (χ2v) is 8.75. The molecule has 9 heteroatoms. The molecule has 0 bridgehead atoms. The Bertz CT molecular complexity index is 1240. The number of rotatable bonds is 8. The Kier molecular flexibility index (Phi) is 6.10. The normalized spacial score (nSPS) is 11.3. The van der Waals surface area contributed by atoms with Gasteiger partial charge in [0.2, 0.25) is 0 Å². The van der Waals surface area contributed by atoms with E-state index in [2.05, 4.69) is 41.2 Å². The van der Waals surface area contributed by atoms with Gasteiger partial charge in [-0.2, -0.15) is 0 Å². The summed E-state index contributed by atoms with van der Waals surface area (Å²) in [6.07, 6.45) is 2.67. The third-order valence-corrected chi connectivity index (χ3v) is 6.94. The number of tetrazole rings is 1. The molecular formula is C21H22N6OS2. The SMILES string of the molecule is C=CCn1c(SCc2nnnn2CCC)nc2sc(-c3ccccc3)c(C)c2c1=O. The lowest BCUT2D eigenvalue weighted by atomic mass is 10.1. The van der Waals surface area contributed by atoms with Crippen molar-refractivity contribution >= 4 is 33.3 Å². The van der Waals surface area contributed by atoms with Crippen LogP contribution in [0.3, 0.4) is 0 Å². The van der Waals surface area contributed by atoms with E-state index in [1.54, 1.807) is 26.7 Å². The first-order valence-electron chi connectivity index (χ1n) is 9.72. The van der Waals surface area contributed by atoms with Gasteiger partial charge in [0.05, 0.1) is 11.1 Å². The Morgan fingerprint density at radius 3 is 2.80 bits per heavy atom. The van der Waals surface area contributed by atoms with Crippen LogP contribution in [0.15, 0.2) is 52.9 Å². The van der Waals surface area contributed by atoms with E-state index in [-0.39, 0.29) is 5.56 Å². The fraction of sp³-hybridized carbons (Fsp3) is 0.286. The molecule has 0 N–H and O–H groups in total. The molecule has 1 aromatic carbocycles. The summed E-state index contributed by atoms with van der Waals surface area (Å²) in [5.41, 5.74) is 2.03. The lowest BCUT2D eigenvalue weighted by Gasteiger charge is -2.10. The van der Waals surface area contributed by atoms with E-state index < -0.39 is 0 Å². The Morgan fingerprint density at radius 1 is 1.27 bits per heavy atom. The molecule has 0 aliphatic rings. The zero-order valence-corrected chi connectivity index (χ0v) is 18.5. The minimum atomic E-state index is -0.0357. The number of thioether (sulfide) groups is 1. The van der Waals surface area contributed by atoms with E-state index in [4.69, 9.17) is 4.98 Å². The molecule has 0 radical (unpaired) electrons. The number of thiophene rings is 1. The van der Waals surface area contributed by atoms with Crippen molar-refractivity contribution in [2.45, 2.75) is 44.3 Å². The van der Waals surface area contributed by atoms with E-state index in [0.29, 0.717) is 22.8 Å². The minimum Gasteiger partial charge on any atom is -0.283 e. The molecule has 30 heavy (non-hydrogen) atoms. The number of allylic oxidation sites excluding steroid dienone is 1. The van der Waals surface area contributed by atoms with Crippen LogP contribution in [0.2, 0.25) is 0 Å². The van der Waals surface area contributed by atoms with Crippen molar-refractivity contribution in [3.05, 3.63) is 64.7 Å². The zero-order valence-electron chi connectivity index (χ0n) is 16.9. The summed E-state index contributed by atoms with van der Waals surface area (Å²) in [5.74, 6) is 1.31. The molecule has 0 saturated heterocycles. The van der Waals surface area contributed by atoms with Crippen LogP contribution < -0.4 is 5.56 Å². The van der Waals surface area contributed by atoms with Crippen molar-refractivity contribution in [3.8, 4) is 10.4 Å². The number of nitrogens with zero attached hydrogens (tertiary/aromatic N) is 6. The predicted molar refractivity (Wildman–Crippen MR) is 122 cm³/mol. The van der Waals surface area contributed by atoms with Crippen molar-refractivity contribution in [3.63, 3.8) is 0 Å². The van der Waals surface area contributed by atoms with Gasteiger partial charge in [0, 0.05) is 18.0 Å². The first-order chi connectivity index (χ1) is 14.6. The van der Waals surface area contributed by atoms with Crippen LogP contribution in [0.25, 0.3) is 20.7 Å². The Morgan fingerprint density at radius 2 is 2.07 bits per heavy atom. The minimum absolute atomic E-state index is 0.0357. The van der Waals surface area contributed by atoms with Gasteiger partial charge in [-0.3, -0.25) is 9.36 Å². The lowest BCUT2D eigenvalue weighted by molar-refractivity contribution is 0.564. The van der Waals surface area contributed by atoms with Gasteiger partial charge in [-0.25, -0.2) is 9.67 Å². The van der Waals surface area contributed by atoms with Crippen LogP contribution in [-0.2, 0) is 18.8 Å². The van der Waals surface area contributed by atoms with Gasteiger partial charge in [0.15, 0.2) is 11.0 Å². The first-order valence-corrected chi connectivity index (χ1v) is 11.5. The van der Waals surface area contributed by atoms with Crippen molar-refractivity contribution in [2.75, 3.05) is 0 Å². The highest BCUT2D eigenvalue weighted by molar-refractivity contribution is 7.98. The molecule has 0 saturated carbocycles. The fourth-order valence-electron chi connectivity index (χ4n) is 3.30. The lowest BCUT2D eigenvalue weighted by Crippen LogP contribution is -2.22. The third-order valence-electron chi connectivity index (χ3n) is 4.73. The molecule has 4 aromatic rings. The van der Waals surface area contributed by atoms with E-state index in [1.807, 2.05) is 25.1 Å². The second kappa shape index (κ2) is 8.93. The van der Waals surface area contributed by atoms with Crippen molar-refractivity contribution in [1.29, 1.82) is 0 Å². The molecule has 0 aliphatic carbocycles. The molecule has 3 heterocycles. The van der Waals surface area contributed by atoms with E-state index in [0.717, 1.165) is 39.6 Å². The van der Waals surface area contributed by atoms with Gasteiger partial charge in [-0.15, -0.1) is 23.0 Å². The molecule has 0 spiro atoms. The summed E-state index contributed by atoms with van der Waals surface area (Å²) in [7, 11) is 0. The molecule has 0 atom stereocenters. The van der Waals surface area contributed by atoms with E-state index in [9.17, 15) is 4.79 Å². The highest BCUT2D eigenvalue weighted by atomic mass is 32.2. The largest absolute Gasteiger partial charge is 0.283 e. The zero-order chi connectivity index (χ0) is 21.1. The third kappa shape index (κ3) is 3.82. The number of fused-ring (bicyclic) bond motifs is 1. The Hall–Kier alpha value is -2.78. The fourth-order valence-corrected chi connectivity index (χ4v) is 5.47. The number of hydrogen-bond acceptors (Lipinski definition) is 7. The van der Waals surface area contributed by atoms with Crippen molar-refractivity contribution < 1.29 is 0 Å². The number of aryl methyl sites for hydroxylation is 2. The smallest absolute Gasteiger partial charge is 0.263 e. The summed E-state index contributed by atoms with van der Waals surface area (Å²) < 4.78 is 3.48. The van der Waals surface area contributed by atoms with Crippen LogP contribution in [0.1, 0.15) is 24.7 Å². The highest BCUT2D eigenvalue weighted by Crippen LogP contribution is 2.36. The number of hydrogen-bond donors (Lipinski definition) is 0. The van der Waals surface area contributed by atoms with Crippen LogP contribution in [-0.4, -0.2) is 29.8 Å². The van der Waals surface area contributed by atoms with Crippen molar-refractivity contribution in [1.82, 2.24) is 29.8 Å². The quantitative estimate of drug-likeness (QED) is 0.232. The average Bonchev–Trinajstić information content (AvgIpc) is 3.34. The molecule has 3 aromatic heterocycles. The van der Waals surface area contributed by atoms with E-state index >= 15 is 0 Å². The van der Waals surface area contributed by atoms with Gasteiger partial charge in [-0.1, -0.05) is 55.1 Å². The van der Waals surface area contributed by atoms with Crippen LogP contribution in [0, 0.1) is 6.92 Å². The highest BCUT2D eigenvalue weighted by Gasteiger charge is 2.19. The van der Waals surface area contributed by atoms with Crippen LogP contribution >= 0.6 is 23.1 Å². The molecule has 0 unspecified atom stereocenters. The van der Waals surface area contributed by atoms with Crippen LogP contribution in [0.4, 0.5) is 0 Å². The number of aromatic nitrogens is 6. The molecule has 7 nitrogen and oxygen atoms in total. The summed E-state index contributed by atoms with van der Waals surface area (Å²) >= 11 is 3.03. The standard InChI is InChI=1S/C21H22N6OS2/c1-4-11-26-20(28)17-14(3)18(15-9-7-6-8-10-15)30-19(17)22-21(26)29-13-16-23-24-25-27(16)12-5-2/h4,6-10H,1,5,11-13H2,2-3H3. The summed E-state index contributed by atoms with van der Waals surface area (Å²) in [5, 5.41) is 13.3. The predicted octanol–water partition coefficient (Wildman–Crippen LogP) is 4.31. The van der Waals surface area contributed by atoms with Gasteiger partial charge in [-0.05, 0) is 34.9 Å². The maximum absolute atomic E-state index is 13.4. The maximum Gasteiger partial charge on any atom is 0.263 e. The molecule has 0 fully saturated rings. The molecule has 0 aliphatic heterocycles. The topological polar surface area (TPSA) is 78.5 Å². The monoisotopic (exact) mass is 438 g/mol. The van der Waals surface area contributed by atoms with Gasteiger partial charge < -0.3 is 0 Å². The number of benzene rings is 1. The summed E-state index contributed by atoms with van der Waals surface area (Å²) in [6.45, 7) is 9.05. The average molecular weight is 439 g/mol. The molecular weight excluding hydrogens is 416 g/mol. The first kappa shape index (κ1) is 20.5. The second-order valence-electron chi connectivity index (χ2n) is 6.81. The molecule has 0 amide bonds. The van der Waals surface area contributed by atoms with Crippen LogP contribution in [0.5, 0.6) is 0 Å². The maximum atomic E-state index is 13.4. The van der Waals surface area contributed by atoms with Crippen molar-refractivity contribution in [2.24, 2.45) is 0 Å². The Labute approximate surface area is 182 Å². The Balaban J connectivity index is 1.77.